The third-order valence-electron chi connectivity index (χ3n) is 3.85. The molecule has 0 saturated carbocycles. The van der Waals surface area contributed by atoms with Crippen LogP contribution in [0.4, 0.5) is 0 Å². The van der Waals surface area contributed by atoms with Crippen LogP contribution in [0.5, 0.6) is 17.2 Å². The lowest BCUT2D eigenvalue weighted by molar-refractivity contribution is 0.0950. The van der Waals surface area contributed by atoms with Gasteiger partial charge >= 0.3 is 0 Å². The summed E-state index contributed by atoms with van der Waals surface area (Å²) in [5, 5.41) is 27.9. The summed E-state index contributed by atoms with van der Waals surface area (Å²) >= 11 is 0. The van der Waals surface area contributed by atoms with Crippen LogP contribution in [0.15, 0.2) is 46.3 Å². The Morgan fingerprint density at radius 3 is 2.67 bits per heavy atom. The van der Waals surface area contributed by atoms with Crippen molar-refractivity contribution in [3.63, 3.8) is 0 Å². The number of carbonyl (C=O) groups is 1. The maximum atomic E-state index is 12.4. The molecule has 0 unspecified atom stereocenters. The van der Waals surface area contributed by atoms with Crippen LogP contribution in [0.25, 0.3) is 10.8 Å². The Morgan fingerprint density at radius 2 is 1.96 bits per heavy atom. The summed E-state index contributed by atoms with van der Waals surface area (Å²) in [5.74, 6) is -1.31. The number of hydrazone groups is 1. The summed E-state index contributed by atoms with van der Waals surface area (Å²) < 4.78 is 6.02. The predicted octanol–water partition coefficient (Wildman–Crippen LogP) is 1.12. The number of benzene rings is 2. The third-order valence-corrected chi connectivity index (χ3v) is 3.85. The molecule has 0 atom stereocenters. The highest BCUT2D eigenvalue weighted by atomic mass is 16.5. The van der Waals surface area contributed by atoms with E-state index in [2.05, 4.69) is 15.6 Å². The van der Waals surface area contributed by atoms with E-state index >= 15 is 0 Å². The topological polar surface area (TPSA) is 126 Å². The fraction of sp³-hybridized carbons (Fsp3) is 0.111. The number of phenolic OH excluding ortho intramolecular Hbond substituents is 2. The lowest BCUT2D eigenvalue weighted by Gasteiger charge is -2.07. The number of aromatic hydroxyl groups is 2. The molecular weight excluding hydrogens is 352 g/mol. The van der Waals surface area contributed by atoms with E-state index in [1.165, 1.54) is 32.5 Å². The lowest BCUT2D eigenvalue weighted by atomic mass is 10.1. The number of methoxy groups -OCH3 is 1. The monoisotopic (exact) mass is 368 g/mol. The van der Waals surface area contributed by atoms with Gasteiger partial charge in [-0.1, -0.05) is 18.2 Å². The number of aromatic nitrogens is 2. The summed E-state index contributed by atoms with van der Waals surface area (Å²) in [6.07, 6.45) is 1.27. The van der Waals surface area contributed by atoms with Gasteiger partial charge in [0.2, 0.25) is 5.75 Å². The first kappa shape index (κ1) is 17.9. The molecule has 9 heteroatoms. The van der Waals surface area contributed by atoms with E-state index in [1.807, 2.05) is 0 Å². The van der Waals surface area contributed by atoms with E-state index in [4.69, 9.17) is 4.74 Å². The van der Waals surface area contributed by atoms with Crippen LogP contribution in [0.1, 0.15) is 16.1 Å². The minimum absolute atomic E-state index is 0.0518. The number of phenols is 2. The molecule has 27 heavy (non-hydrogen) atoms. The van der Waals surface area contributed by atoms with Crippen LogP contribution in [0, 0.1) is 0 Å². The molecule has 3 aromatic rings. The summed E-state index contributed by atoms with van der Waals surface area (Å²) in [5.41, 5.74) is 2.46. The van der Waals surface area contributed by atoms with E-state index in [9.17, 15) is 19.8 Å². The van der Waals surface area contributed by atoms with E-state index in [-0.39, 0.29) is 28.5 Å². The van der Waals surface area contributed by atoms with Crippen molar-refractivity contribution in [2.75, 3.05) is 7.11 Å². The summed E-state index contributed by atoms with van der Waals surface area (Å²) in [6.45, 7) is 0. The quantitative estimate of drug-likeness (QED) is 0.360. The van der Waals surface area contributed by atoms with Crippen molar-refractivity contribution >= 4 is 22.9 Å². The first-order valence-electron chi connectivity index (χ1n) is 7.81. The molecule has 2 aromatic carbocycles. The Morgan fingerprint density at radius 1 is 1.26 bits per heavy atom. The van der Waals surface area contributed by atoms with Crippen molar-refractivity contribution in [1.82, 2.24) is 15.2 Å². The summed E-state index contributed by atoms with van der Waals surface area (Å²) in [6, 6.07) is 9.34. The largest absolute Gasteiger partial charge is 0.504 e. The maximum absolute atomic E-state index is 12.4. The second-order valence-corrected chi connectivity index (χ2v) is 5.61. The third kappa shape index (κ3) is 3.43. The Bertz CT molecular complexity index is 1120. The minimum atomic E-state index is -0.604. The van der Waals surface area contributed by atoms with E-state index in [1.54, 1.807) is 24.3 Å². The van der Waals surface area contributed by atoms with Crippen LogP contribution in [-0.4, -0.2) is 39.2 Å². The molecule has 0 bridgehead atoms. The zero-order valence-electron chi connectivity index (χ0n) is 14.5. The standard InChI is InChI=1S/C18H16N4O5/c1-22-18(26)12-6-4-3-5-11(12)15(21-22)17(25)20-19-9-10-7-13(23)16(24)14(8-10)27-2/h3-9,23-24H,1-2H3,(H,20,25)/b19-9+. The molecule has 0 aliphatic heterocycles. The van der Waals surface area contributed by atoms with Crippen LogP contribution in [-0.2, 0) is 7.05 Å². The van der Waals surface area contributed by atoms with Crippen molar-refractivity contribution in [2.24, 2.45) is 12.1 Å². The van der Waals surface area contributed by atoms with Crippen LogP contribution < -0.4 is 15.7 Å². The number of nitrogens with zero attached hydrogens (tertiary/aromatic N) is 3. The molecular formula is C18H16N4O5. The van der Waals surface area contributed by atoms with Crippen LogP contribution >= 0.6 is 0 Å². The lowest BCUT2D eigenvalue weighted by Crippen LogP contribution is -2.27. The zero-order chi connectivity index (χ0) is 19.6. The molecule has 3 rings (SSSR count). The van der Waals surface area contributed by atoms with Crippen molar-refractivity contribution in [3.05, 3.63) is 58.0 Å². The number of rotatable bonds is 4. The van der Waals surface area contributed by atoms with Gasteiger partial charge < -0.3 is 14.9 Å². The molecule has 1 aromatic heterocycles. The average Bonchev–Trinajstić information content (AvgIpc) is 2.67. The normalized spacial score (nSPS) is 11.0. The highest BCUT2D eigenvalue weighted by Crippen LogP contribution is 2.35. The average molecular weight is 368 g/mol. The highest BCUT2D eigenvalue weighted by Gasteiger charge is 2.15. The van der Waals surface area contributed by atoms with Gasteiger partial charge in [0, 0.05) is 18.0 Å². The number of amides is 1. The van der Waals surface area contributed by atoms with Crippen molar-refractivity contribution in [3.8, 4) is 17.2 Å². The first-order chi connectivity index (χ1) is 12.9. The van der Waals surface area contributed by atoms with Crippen molar-refractivity contribution < 1.29 is 19.7 Å². The van der Waals surface area contributed by atoms with E-state index < -0.39 is 5.91 Å². The second-order valence-electron chi connectivity index (χ2n) is 5.61. The zero-order valence-corrected chi connectivity index (χ0v) is 14.5. The second kappa shape index (κ2) is 7.16. The van der Waals surface area contributed by atoms with Gasteiger partial charge in [-0.25, -0.2) is 10.1 Å². The van der Waals surface area contributed by atoms with Gasteiger partial charge in [-0.05, 0) is 18.2 Å². The number of hydrogen-bond donors (Lipinski definition) is 3. The fourth-order valence-electron chi connectivity index (χ4n) is 2.53. The maximum Gasteiger partial charge on any atom is 0.292 e. The summed E-state index contributed by atoms with van der Waals surface area (Å²) in [4.78, 5) is 24.5. The van der Waals surface area contributed by atoms with Crippen LogP contribution in [0.2, 0.25) is 0 Å². The van der Waals surface area contributed by atoms with Gasteiger partial charge in [0.05, 0.1) is 18.7 Å². The Kier molecular flexibility index (Phi) is 4.75. The Labute approximate surface area is 153 Å². The molecule has 1 amide bonds. The summed E-state index contributed by atoms with van der Waals surface area (Å²) in [7, 11) is 2.80. The Hall–Kier alpha value is -3.88. The number of fused-ring (bicyclic) bond motifs is 1. The van der Waals surface area contributed by atoms with Gasteiger partial charge in [-0.2, -0.15) is 10.2 Å². The van der Waals surface area contributed by atoms with Crippen LogP contribution in [0.3, 0.4) is 0 Å². The highest BCUT2D eigenvalue weighted by molar-refractivity contribution is 6.05. The van der Waals surface area contributed by atoms with Gasteiger partial charge in [-0.15, -0.1) is 0 Å². The van der Waals surface area contributed by atoms with Crippen molar-refractivity contribution in [2.45, 2.75) is 0 Å². The molecule has 0 fully saturated rings. The van der Waals surface area contributed by atoms with Gasteiger partial charge in [0.25, 0.3) is 11.5 Å². The fourth-order valence-corrected chi connectivity index (χ4v) is 2.53. The number of nitrogens with one attached hydrogen (secondary N) is 1. The van der Waals surface area contributed by atoms with Gasteiger partial charge in [-0.3, -0.25) is 9.59 Å². The molecule has 0 radical (unpaired) electrons. The predicted molar refractivity (Wildman–Crippen MR) is 98.4 cm³/mol. The molecule has 0 aliphatic carbocycles. The molecule has 1 heterocycles. The number of ether oxygens (including phenoxy) is 1. The number of aryl methyl sites for hydroxylation is 1. The molecule has 138 valence electrons. The molecule has 0 spiro atoms. The number of hydrogen-bond acceptors (Lipinski definition) is 7. The smallest absolute Gasteiger partial charge is 0.292 e. The molecule has 0 saturated heterocycles. The molecule has 3 N–H and O–H groups in total. The molecule has 0 aliphatic rings. The van der Waals surface area contributed by atoms with E-state index in [0.29, 0.717) is 16.3 Å². The van der Waals surface area contributed by atoms with Gasteiger partial charge in [0.15, 0.2) is 17.2 Å². The number of carbonyl (C=O) groups excluding carboxylic acids is 1. The van der Waals surface area contributed by atoms with Gasteiger partial charge in [0.1, 0.15) is 0 Å². The van der Waals surface area contributed by atoms with E-state index in [0.717, 1.165) is 4.68 Å². The first-order valence-corrected chi connectivity index (χ1v) is 7.81. The minimum Gasteiger partial charge on any atom is -0.504 e. The Balaban J connectivity index is 1.88. The molecule has 9 nitrogen and oxygen atoms in total. The van der Waals surface area contributed by atoms with Crippen molar-refractivity contribution in [1.29, 1.82) is 0 Å². The SMILES string of the molecule is COc1cc(/C=N/NC(=O)c2nn(C)c(=O)c3ccccc23)cc(O)c1O.